The molecule has 0 radical (unpaired) electrons. The molecule has 70 valence electrons. The van der Waals surface area contributed by atoms with Crippen LogP contribution in [0.25, 0.3) is 0 Å². The first-order valence-electron chi connectivity index (χ1n) is 3.77. The smallest absolute Gasteiger partial charge is 0.328 e. The number of nitrogens with one attached hydrogen (secondary N) is 1. The topological polar surface area (TPSA) is 67.4 Å². The Morgan fingerprint density at radius 3 is 3.00 bits per heavy atom. The summed E-state index contributed by atoms with van der Waals surface area (Å²) in [4.78, 5) is 24.3. The third-order valence-corrected chi connectivity index (χ3v) is 2.33. The molecule has 1 aliphatic heterocycles. The number of nitrogens with zero attached hydrogens (tertiary/aromatic N) is 1. The lowest BCUT2D eigenvalue weighted by Crippen LogP contribution is -2.31. The average Bonchev–Trinajstić information content (AvgIpc) is 2.84. The fraction of sp³-hybridized carbons (Fsp3) is 0.429. The van der Waals surface area contributed by atoms with E-state index in [1.807, 2.05) is 0 Å². The van der Waals surface area contributed by atoms with Crippen LogP contribution in [0.5, 0.6) is 0 Å². The van der Waals surface area contributed by atoms with Gasteiger partial charge in [0.1, 0.15) is 0 Å². The van der Waals surface area contributed by atoms with Crippen LogP contribution in [0.4, 0.5) is 0 Å². The molecule has 0 aliphatic carbocycles. The molecule has 0 saturated carbocycles. The summed E-state index contributed by atoms with van der Waals surface area (Å²) in [6, 6.07) is 0. The zero-order valence-electron chi connectivity index (χ0n) is 6.62. The number of hydrogen-bond acceptors (Lipinski definition) is 3. The van der Waals surface area contributed by atoms with E-state index in [0.717, 1.165) is 0 Å². The lowest BCUT2D eigenvalue weighted by atomic mass is 10.4. The molecule has 1 aromatic rings. The van der Waals surface area contributed by atoms with Crippen LogP contribution in [-0.4, -0.2) is 22.3 Å². The summed E-state index contributed by atoms with van der Waals surface area (Å²) < 4.78 is 6.74. The fourth-order valence-corrected chi connectivity index (χ4v) is 1.36. The van der Waals surface area contributed by atoms with Gasteiger partial charge in [-0.05, 0) is 15.9 Å². The number of ether oxygens (including phenoxy) is 1. The zero-order chi connectivity index (χ0) is 9.42. The van der Waals surface area contributed by atoms with E-state index < -0.39 is 11.2 Å². The number of epoxide rings is 1. The molecule has 1 aliphatic rings. The molecule has 1 atom stereocenters. The second-order valence-electron chi connectivity index (χ2n) is 2.84. The summed E-state index contributed by atoms with van der Waals surface area (Å²) in [7, 11) is 0. The third-order valence-electron chi connectivity index (χ3n) is 1.77. The Labute approximate surface area is 81.5 Å². The Balaban J connectivity index is 2.38. The van der Waals surface area contributed by atoms with E-state index in [4.69, 9.17) is 4.74 Å². The van der Waals surface area contributed by atoms with E-state index in [1.54, 1.807) is 0 Å². The third kappa shape index (κ3) is 1.89. The molecule has 5 nitrogen and oxygen atoms in total. The van der Waals surface area contributed by atoms with Gasteiger partial charge in [-0.15, -0.1) is 0 Å². The fourth-order valence-electron chi connectivity index (χ4n) is 1.01. The van der Waals surface area contributed by atoms with Crippen molar-refractivity contribution in [2.75, 3.05) is 6.61 Å². The van der Waals surface area contributed by atoms with Gasteiger partial charge in [-0.2, -0.15) is 0 Å². The minimum absolute atomic E-state index is 0.121. The van der Waals surface area contributed by atoms with E-state index in [1.165, 1.54) is 10.8 Å². The van der Waals surface area contributed by atoms with Crippen LogP contribution in [0, 0.1) is 0 Å². The van der Waals surface area contributed by atoms with E-state index >= 15 is 0 Å². The molecular formula is C7H7BrN2O3. The van der Waals surface area contributed by atoms with Gasteiger partial charge in [0.15, 0.2) is 0 Å². The molecule has 0 bridgehead atoms. The van der Waals surface area contributed by atoms with Crippen LogP contribution in [0.2, 0.25) is 0 Å². The minimum atomic E-state index is -0.405. The van der Waals surface area contributed by atoms with Gasteiger partial charge in [0.2, 0.25) is 0 Å². The highest BCUT2D eigenvalue weighted by molar-refractivity contribution is 9.10. The van der Waals surface area contributed by atoms with Crippen LogP contribution in [0.3, 0.4) is 0 Å². The predicted octanol–water partition coefficient (Wildman–Crippen LogP) is -0.302. The molecule has 0 amide bonds. The van der Waals surface area contributed by atoms with Crippen LogP contribution < -0.4 is 11.2 Å². The van der Waals surface area contributed by atoms with Crippen molar-refractivity contribution in [2.45, 2.75) is 12.6 Å². The first kappa shape index (κ1) is 8.71. The van der Waals surface area contributed by atoms with Gasteiger partial charge in [-0.25, -0.2) is 4.79 Å². The molecule has 6 heteroatoms. The molecule has 2 heterocycles. The van der Waals surface area contributed by atoms with Gasteiger partial charge in [-0.3, -0.25) is 14.3 Å². The number of hydrogen-bond donors (Lipinski definition) is 1. The van der Waals surface area contributed by atoms with E-state index in [2.05, 4.69) is 20.9 Å². The largest absolute Gasteiger partial charge is 0.371 e. The summed E-state index contributed by atoms with van der Waals surface area (Å²) in [5, 5.41) is 0. The summed E-state index contributed by atoms with van der Waals surface area (Å²) in [6.45, 7) is 1.18. The SMILES string of the molecule is O=c1[nH]c(=O)n(CC2CO2)cc1Br. The number of rotatable bonds is 2. The van der Waals surface area contributed by atoms with Gasteiger partial charge < -0.3 is 4.74 Å². The van der Waals surface area contributed by atoms with Crippen LogP contribution in [-0.2, 0) is 11.3 Å². The Morgan fingerprint density at radius 1 is 1.69 bits per heavy atom. The molecule has 2 rings (SSSR count). The maximum atomic E-state index is 11.2. The molecule has 1 N–H and O–H groups in total. The lowest BCUT2D eigenvalue weighted by Gasteiger charge is -2.01. The second-order valence-corrected chi connectivity index (χ2v) is 3.70. The van der Waals surface area contributed by atoms with Gasteiger partial charge >= 0.3 is 5.69 Å². The predicted molar refractivity (Wildman–Crippen MR) is 48.8 cm³/mol. The quantitative estimate of drug-likeness (QED) is 0.729. The minimum Gasteiger partial charge on any atom is -0.371 e. The molecule has 0 aromatic carbocycles. The highest BCUT2D eigenvalue weighted by atomic mass is 79.9. The number of H-pyrrole nitrogens is 1. The average molecular weight is 247 g/mol. The van der Waals surface area contributed by atoms with Crippen LogP contribution in [0.15, 0.2) is 20.3 Å². The molecule has 1 fully saturated rings. The monoisotopic (exact) mass is 246 g/mol. The standard InChI is InChI=1S/C7H7BrN2O3/c8-5-2-10(1-4-3-13-4)7(12)9-6(5)11/h2,4H,1,3H2,(H,9,11,12). The van der Waals surface area contributed by atoms with E-state index in [0.29, 0.717) is 17.6 Å². The van der Waals surface area contributed by atoms with Crippen molar-refractivity contribution in [1.82, 2.24) is 9.55 Å². The van der Waals surface area contributed by atoms with Crippen molar-refractivity contribution in [3.8, 4) is 0 Å². The summed E-state index contributed by atoms with van der Waals surface area (Å²) in [6.07, 6.45) is 1.60. The highest BCUT2D eigenvalue weighted by Gasteiger charge is 2.23. The number of aromatic nitrogens is 2. The van der Waals surface area contributed by atoms with Gasteiger partial charge in [0, 0.05) is 6.20 Å². The van der Waals surface area contributed by atoms with Gasteiger partial charge in [0.05, 0.1) is 23.7 Å². The summed E-state index contributed by atoms with van der Waals surface area (Å²) >= 11 is 3.05. The van der Waals surface area contributed by atoms with Gasteiger partial charge in [-0.1, -0.05) is 0 Å². The highest BCUT2D eigenvalue weighted by Crippen LogP contribution is 2.10. The first-order valence-corrected chi connectivity index (χ1v) is 4.57. The second kappa shape index (κ2) is 3.12. The Morgan fingerprint density at radius 2 is 2.38 bits per heavy atom. The van der Waals surface area contributed by atoms with Crippen molar-refractivity contribution in [2.24, 2.45) is 0 Å². The molecular weight excluding hydrogens is 240 g/mol. The first-order chi connectivity index (χ1) is 6.16. The van der Waals surface area contributed by atoms with E-state index in [-0.39, 0.29) is 6.10 Å². The molecule has 1 saturated heterocycles. The van der Waals surface area contributed by atoms with Crippen molar-refractivity contribution < 1.29 is 4.74 Å². The Hall–Kier alpha value is -0.880. The van der Waals surface area contributed by atoms with Crippen molar-refractivity contribution in [3.05, 3.63) is 31.5 Å². The summed E-state index contributed by atoms with van der Waals surface area (Å²) in [5.41, 5.74) is -0.804. The van der Waals surface area contributed by atoms with Crippen LogP contribution in [0.1, 0.15) is 0 Å². The lowest BCUT2D eigenvalue weighted by molar-refractivity contribution is 0.378. The Kier molecular flexibility index (Phi) is 2.09. The molecule has 0 spiro atoms. The van der Waals surface area contributed by atoms with Crippen molar-refractivity contribution in [3.63, 3.8) is 0 Å². The van der Waals surface area contributed by atoms with Crippen molar-refractivity contribution in [1.29, 1.82) is 0 Å². The maximum Gasteiger partial charge on any atom is 0.328 e. The van der Waals surface area contributed by atoms with E-state index in [9.17, 15) is 9.59 Å². The Bertz CT molecular complexity index is 432. The zero-order valence-corrected chi connectivity index (χ0v) is 8.20. The van der Waals surface area contributed by atoms with Crippen LogP contribution >= 0.6 is 15.9 Å². The number of aromatic amines is 1. The normalized spacial score (nSPS) is 20.2. The van der Waals surface area contributed by atoms with Crippen molar-refractivity contribution >= 4 is 15.9 Å². The van der Waals surface area contributed by atoms with Gasteiger partial charge in [0.25, 0.3) is 5.56 Å². The molecule has 13 heavy (non-hydrogen) atoms. The maximum absolute atomic E-state index is 11.2. The number of halogens is 1. The summed E-state index contributed by atoms with van der Waals surface area (Å²) in [5.74, 6) is 0. The molecule has 1 unspecified atom stereocenters. The molecule has 1 aromatic heterocycles.